The van der Waals surface area contributed by atoms with Crippen molar-refractivity contribution >= 4 is 23.2 Å². The van der Waals surface area contributed by atoms with E-state index in [1.54, 1.807) is 6.33 Å². The lowest BCUT2D eigenvalue weighted by Crippen LogP contribution is -2.05. The van der Waals surface area contributed by atoms with Crippen LogP contribution in [0.25, 0.3) is 0 Å². The van der Waals surface area contributed by atoms with Gasteiger partial charge in [0.2, 0.25) is 0 Å². The van der Waals surface area contributed by atoms with E-state index >= 15 is 0 Å². The van der Waals surface area contributed by atoms with Gasteiger partial charge in [0.1, 0.15) is 18.0 Å². The molecule has 0 saturated carbocycles. The molecular weight excluding hydrogens is 308 g/mol. The fourth-order valence-corrected chi connectivity index (χ4v) is 2.26. The van der Waals surface area contributed by atoms with Gasteiger partial charge in [-0.05, 0) is 23.3 Å². The fourth-order valence-electron chi connectivity index (χ4n) is 2.13. The minimum atomic E-state index is 0.687. The molecule has 0 unspecified atom stereocenters. The van der Waals surface area contributed by atoms with E-state index in [1.807, 2.05) is 48.5 Å². The van der Waals surface area contributed by atoms with Crippen LogP contribution in [0.2, 0.25) is 5.02 Å². The first-order chi connectivity index (χ1) is 11.3. The summed E-state index contributed by atoms with van der Waals surface area (Å²) in [5, 5.41) is 7.32. The molecule has 4 nitrogen and oxygen atoms in total. The Balaban J connectivity index is 1.57. The molecule has 0 saturated heterocycles. The Hall–Kier alpha value is -2.59. The number of rotatable bonds is 6. The summed E-state index contributed by atoms with van der Waals surface area (Å²) >= 11 is 5.89. The number of hydrogen-bond donors (Lipinski definition) is 2. The summed E-state index contributed by atoms with van der Waals surface area (Å²) < 4.78 is 0. The van der Waals surface area contributed by atoms with E-state index in [-0.39, 0.29) is 0 Å². The predicted octanol–water partition coefficient (Wildman–Crippen LogP) is 4.35. The highest BCUT2D eigenvalue weighted by Gasteiger charge is 2.00. The van der Waals surface area contributed by atoms with Crippen molar-refractivity contribution in [2.75, 3.05) is 10.6 Å². The van der Waals surface area contributed by atoms with E-state index in [2.05, 4.69) is 32.7 Å². The van der Waals surface area contributed by atoms with E-state index < -0.39 is 0 Å². The second kappa shape index (κ2) is 7.61. The molecule has 1 aromatic heterocycles. The third-order valence-corrected chi connectivity index (χ3v) is 3.62. The summed E-state index contributed by atoms with van der Waals surface area (Å²) in [6.07, 6.45) is 1.55. The SMILES string of the molecule is Clc1ccc(CNc2cc(NCc3ccccc3)ncn2)cc1. The van der Waals surface area contributed by atoms with Crippen LogP contribution in [0, 0.1) is 0 Å². The number of hydrogen-bond acceptors (Lipinski definition) is 4. The minimum absolute atomic E-state index is 0.687. The maximum absolute atomic E-state index is 5.89. The van der Waals surface area contributed by atoms with Gasteiger partial charge in [-0.15, -0.1) is 0 Å². The number of nitrogens with one attached hydrogen (secondary N) is 2. The molecule has 0 atom stereocenters. The molecular formula is C18H17ClN4. The van der Waals surface area contributed by atoms with Gasteiger partial charge in [0.05, 0.1) is 0 Å². The maximum atomic E-state index is 5.89. The Bertz CT molecular complexity index is 744. The van der Waals surface area contributed by atoms with Crippen LogP contribution in [-0.4, -0.2) is 9.97 Å². The molecule has 0 spiro atoms. The summed E-state index contributed by atoms with van der Waals surface area (Å²) in [6.45, 7) is 1.42. The Morgan fingerprint density at radius 1 is 0.739 bits per heavy atom. The van der Waals surface area contributed by atoms with Gasteiger partial charge in [-0.2, -0.15) is 0 Å². The van der Waals surface area contributed by atoms with Crippen LogP contribution >= 0.6 is 11.6 Å². The monoisotopic (exact) mass is 324 g/mol. The third kappa shape index (κ3) is 4.69. The van der Waals surface area contributed by atoms with Crippen LogP contribution in [-0.2, 0) is 13.1 Å². The summed E-state index contributed by atoms with van der Waals surface area (Å²) in [7, 11) is 0. The normalized spacial score (nSPS) is 10.3. The fraction of sp³-hybridized carbons (Fsp3) is 0.111. The van der Waals surface area contributed by atoms with Gasteiger partial charge in [-0.1, -0.05) is 54.1 Å². The lowest BCUT2D eigenvalue weighted by atomic mass is 10.2. The minimum Gasteiger partial charge on any atom is -0.366 e. The first-order valence-electron chi connectivity index (χ1n) is 7.38. The zero-order valence-electron chi connectivity index (χ0n) is 12.5. The Morgan fingerprint density at radius 3 is 1.91 bits per heavy atom. The second-order valence-electron chi connectivity index (χ2n) is 5.11. The average Bonchev–Trinajstić information content (AvgIpc) is 2.61. The predicted molar refractivity (Wildman–Crippen MR) is 94.6 cm³/mol. The standard InChI is InChI=1S/C18H17ClN4/c19-16-8-6-15(7-9-16)12-21-18-10-17(22-13-23-18)20-11-14-4-2-1-3-5-14/h1-10,13H,11-12H2,(H2,20,21,22,23). The van der Waals surface area contributed by atoms with Crippen molar-refractivity contribution in [1.29, 1.82) is 0 Å². The summed E-state index contributed by atoms with van der Waals surface area (Å²) in [6, 6.07) is 19.9. The molecule has 0 bridgehead atoms. The molecule has 3 rings (SSSR count). The van der Waals surface area contributed by atoms with E-state index in [4.69, 9.17) is 11.6 Å². The van der Waals surface area contributed by atoms with Gasteiger partial charge < -0.3 is 10.6 Å². The molecule has 0 fully saturated rings. The van der Waals surface area contributed by atoms with Crippen LogP contribution in [0.4, 0.5) is 11.6 Å². The van der Waals surface area contributed by atoms with Gasteiger partial charge in [0, 0.05) is 24.2 Å². The van der Waals surface area contributed by atoms with E-state index in [9.17, 15) is 0 Å². The molecule has 2 N–H and O–H groups in total. The van der Waals surface area contributed by atoms with E-state index in [0.29, 0.717) is 6.54 Å². The Kier molecular flexibility index (Phi) is 5.06. The van der Waals surface area contributed by atoms with Gasteiger partial charge in [-0.25, -0.2) is 9.97 Å². The van der Waals surface area contributed by atoms with Gasteiger partial charge in [-0.3, -0.25) is 0 Å². The van der Waals surface area contributed by atoms with Crippen molar-refractivity contribution in [3.05, 3.63) is 83.1 Å². The van der Waals surface area contributed by atoms with Crippen molar-refractivity contribution in [3.63, 3.8) is 0 Å². The molecule has 2 aromatic carbocycles. The van der Waals surface area contributed by atoms with Crippen molar-refractivity contribution < 1.29 is 0 Å². The van der Waals surface area contributed by atoms with Gasteiger partial charge in [0.25, 0.3) is 0 Å². The second-order valence-corrected chi connectivity index (χ2v) is 5.54. The molecule has 23 heavy (non-hydrogen) atoms. The van der Waals surface area contributed by atoms with Gasteiger partial charge >= 0.3 is 0 Å². The highest BCUT2D eigenvalue weighted by Crippen LogP contribution is 2.13. The third-order valence-electron chi connectivity index (χ3n) is 3.37. The maximum Gasteiger partial charge on any atom is 0.131 e. The average molecular weight is 325 g/mol. The quantitative estimate of drug-likeness (QED) is 0.707. The highest BCUT2D eigenvalue weighted by molar-refractivity contribution is 6.30. The van der Waals surface area contributed by atoms with Crippen LogP contribution in [0.1, 0.15) is 11.1 Å². The number of anilines is 2. The molecule has 0 radical (unpaired) electrons. The number of halogens is 1. The summed E-state index contributed by atoms with van der Waals surface area (Å²) in [4.78, 5) is 8.48. The zero-order valence-corrected chi connectivity index (χ0v) is 13.3. The number of aromatic nitrogens is 2. The largest absolute Gasteiger partial charge is 0.366 e. The van der Waals surface area contributed by atoms with E-state index in [1.165, 1.54) is 5.56 Å². The molecule has 3 aromatic rings. The number of nitrogens with zero attached hydrogens (tertiary/aromatic N) is 2. The first kappa shape index (κ1) is 15.3. The van der Waals surface area contributed by atoms with E-state index in [0.717, 1.165) is 28.8 Å². The Labute approximate surface area is 140 Å². The molecule has 0 aliphatic rings. The van der Waals surface area contributed by atoms with Crippen molar-refractivity contribution in [2.45, 2.75) is 13.1 Å². The highest BCUT2D eigenvalue weighted by atomic mass is 35.5. The lowest BCUT2D eigenvalue weighted by Gasteiger charge is -2.09. The van der Waals surface area contributed by atoms with Crippen LogP contribution < -0.4 is 10.6 Å². The molecule has 1 heterocycles. The summed E-state index contributed by atoms with van der Waals surface area (Å²) in [5.41, 5.74) is 2.36. The lowest BCUT2D eigenvalue weighted by molar-refractivity contribution is 1.05. The molecule has 0 amide bonds. The topological polar surface area (TPSA) is 49.8 Å². The molecule has 0 aliphatic carbocycles. The van der Waals surface area contributed by atoms with Gasteiger partial charge in [0.15, 0.2) is 0 Å². The van der Waals surface area contributed by atoms with Crippen molar-refractivity contribution in [3.8, 4) is 0 Å². The molecule has 5 heteroatoms. The van der Waals surface area contributed by atoms with Crippen molar-refractivity contribution in [2.24, 2.45) is 0 Å². The van der Waals surface area contributed by atoms with Crippen molar-refractivity contribution in [1.82, 2.24) is 9.97 Å². The number of benzene rings is 2. The van der Waals surface area contributed by atoms with Crippen LogP contribution in [0.3, 0.4) is 0 Å². The molecule has 116 valence electrons. The Morgan fingerprint density at radius 2 is 1.30 bits per heavy atom. The zero-order chi connectivity index (χ0) is 15.9. The smallest absolute Gasteiger partial charge is 0.131 e. The molecule has 0 aliphatic heterocycles. The summed E-state index contributed by atoms with van der Waals surface area (Å²) in [5.74, 6) is 1.58. The van der Waals surface area contributed by atoms with Crippen LogP contribution in [0.15, 0.2) is 67.0 Å². The van der Waals surface area contributed by atoms with Crippen LogP contribution in [0.5, 0.6) is 0 Å². The first-order valence-corrected chi connectivity index (χ1v) is 7.75.